The van der Waals surface area contributed by atoms with Crippen LogP contribution in [0.4, 0.5) is 0 Å². The zero-order valence-corrected chi connectivity index (χ0v) is 10.6. The van der Waals surface area contributed by atoms with Crippen LogP contribution in [0, 0.1) is 0 Å². The number of ether oxygens (including phenoxy) is 1. The number of aliphatic hydroxyl groups excluding tert-OH is 1. The summed E-state index contributed by atoms with van der Waals surface area (Å²) in [4.78, 5) is 0. The molecular weight excluding hydrogens is 234 g/mol. The van der Waals surface area contributed by atoms with E-state index in [9.17, 15) is 10.2 Å². The minimum atomic E-state index is -0.517. The lowest BCUT2D eigenvalue weighted by Gasteiger charge is -2.12. The Morgan fingerprint density at radius 1 is 1.39 bits per heavy atom. The van der Waals surface area contributed by atoms with Gasteiger partial charge in [-0.1, -0.05) is 19.0 Å². The molecule has 3 N–H and O–H groups in total. The van der Waals surface area contributed by atoms with Gasteiger partial charge in [0.05, 0.1) is 11.8 Å². The van der Waals surface area contributed by atoms with Gasteiger partial charge in [0.1, 0.15) is 18.1 Å². The summed E-state index contributed by atoms with van der Waals surface area (Å²) >= 11 is 0. The Morgan fingerprint density at radius 2 is 2.11 bits per heavy atom. The van der Waals surface area contributed by atoms with Gasteiger partial charge in [0.2, 0.25) is 0 Å². The lowest BCUT2D eigenvalue weighted by atomic mass is 10.1. The van der Waals surface area contributed by atoms with Crippen LogP contribution in [0.25, 0.3) is 0 Å². The van der Waals surface area contributed by atoms with Gasteiger partial charge in [0.15, 0.2) is 0 Å². The summed E-state index contributed by atoms with van der Waals surface area (Å²) in [6.07, 6.45) is 0.608. The first-order valence-electron chi connectivity index (χ1n) is 5.97. The first-order valence-corrected chi connectivity index (χ1v) is 5.97. The third-order valence-electron chi connectivity index (χ3n) is 2.65. The van der Waals surface area contributed by atoms with Crippen LogP contribution < -0.4 is 4.74 Å². The lowest BCUT2D eigenvalue weighted by molar-refractivity contribution is 0.104. The largest absolute Gasteiger partial charge is 0.507 e. The van der Waals surface area contributed by atoms with E-state index in [4.69, 9.17) is 9.94 Å². The van der Waals surface area contributed by atoms with Crippen molar-refractivity contribution in [3.63, 3.8) is 0 Å². The quantitative estimate of drug-likeness (QED) is 0.412. The van der Waals surface area contributed by atoms with E-state index >= 15 is 0 Å². The van der Waals surface area contributed by atoms with Gasteiger partial charge in [-0.15, -0.1) is 0 Å². The standard InChI is InChI=1S/C13H19NO4/c1-3-9(15)8-18-10-5-6-11(13(16)7-10)12(4-2)14-17/h5-7,9,15-17H,3-4,8H2,1-2H3/b14-12-/t9-/m0/s1. The second-order valence-electron chi connectivity index (χ2n) is 3.95. The molecule has 100 valence electrons. The van der Waals surface area contributed by atoms with E-state index in [1.807, 2.05) is 13.8 Å². The number of rotatable bonds is 6. The molecule has 0 aliphatic rings. The molecule has 18 heavy (non-hydrogen) atoms. The highest BCUT2D eigenvalue weighted by molar-refractivity contribution is 6.02. The number of hydrogen-bond acceptors (Lipinski definition) is 5. The molecule has 0 saturated heterocycles. The average molecular weight is 253 g/mol. The Kier molecular flexibility index (Phi) is 5.45. The summed E-state index contributed by atoms with van der Waals surface area (Å²) < 4.78 is 5.33. The molecule has 1 aromatic carbocycles. The molecule has 0 fully saturated rings. The monoisotopic (exact) mass is 253 g/mol. The van der Waals surface area contributed by atoms with Crippen LogP contribution >= 0.6 is 0 Å². The minimum Gasteiger partial charge on any atom is -0.507 e. The number of hydrogen-bond donors (Lipinski definition) is 3. The smallest absolute Gasteiger partial charge is 0.128 e. The molecule has 0 unspecified atom stereocenters. The third kappa shape index (κ3) is 3.63. The predicted molar refractivity (Wildman–Crippen MR) is 68.5 cm³/mol. The molecule has 0 saturated carbocycles. The normalized spacial score (nSPS) is 13.4. The molecule has 5 nitrogen and oxygen atoms in total. The number of phenols is 1. The number of aliphatic hydroxyl groups is 1. The van der Waals surface area contributed by atoms with Crippen LogP contribution in [0.5, 0.6) is 11.5 Å². The summed E-state index contributed by atoms with van der Waals surface area (Å²) in [5, 5.41) is 31.1. The highest BCUT2D eigenvalue weighted by Gasteiger charge is 2.10. The molecule has 1 aromatic rings. The van der Waals surface area contributed by atoms with Crippen LogP contribution in [0.2, 0.25) is 0 Å². The van der Waals surface area contributed by atoms with Crippen LogP contribution in [0.1, 0.15) is 32.3 Å². The number of aromatic hydroxyl groups is 1. The van der Waals surface area contributed by atoms with Crippen molar-refractivity contribution in [2.45, 2.75) is 32.8 Å². The van der Waals surface area contributed by atoms with E-state index in [-0.39, 0.29) is 12.4 Å². The SMILES string of the molecule is CC/C(=N/O)c1ccc(OC[C@@H](O)CC)cc1O. The predicted octanol–water partition coefficient (Wildman–Crippen LogP) is 2.13. The van der Waals surface area contributed by atoms with Gasteiger partial charge in [0.25, 0.3) is 0 Å². The maximum absolute atomic E-state index is 9.81. The van der Waals surface area contributed by atoms with Gasteiger partial charge in [-0.2, -0.15) is 0 Å². The maximum Gasteiger partial charge on any atom is 0.128 e. The van der Waals surface area contributed by atoms with E-state index in [1.165, 1.54) is 6.07 Å². The van der Waals surface area contributed by atoms with E-state index in [1.54, 1.807) is 12.1 Å². The lowest BCUT2D eigenvalue weighted by Crippen LogP contribution is -2.16. The molecule has 0 amide bonds. The molecule has 0 aliphatic heterocycles. The van der Waals surface area contributed by atoms with Crippen molar-refractivity contribution in [2.24, 2.45) is 5.16 Å². The fraction of sp³-hybridized carbons (Fsp3) is 0.462. The average Bonchev–Trinajstić information content (AvgIpc) is 2.39. The summed E-state index contributed by atoms with van der Waals surface area (Å²) in [5.41, 5.74) is 0.885. The minimum absolute atomic E-state index is 0.00635. The number of phenolic OH excluding ortho intramolecular Hbond substituents is 1. The molecule has 0 bridgehead atoms. The van der Waals surface area contributed by atoms with Gasteiger partial charge in [-0.25, -0.2) is 0 Å². The Bertz CT molecular complexity index is 417. The van der Waals surface area contributed by atoms with E-state index in [0.29, 0.717) is 29.9 Å². The van der Waals surface area contributed by atoms with Crippen molar-refractivity contribution >= 4 is 5.71 Å². The van der Waals surface area contributed by atoms with Crippen LogP contribution in [0.15, 0.2) is 23.4 Å². The third-order valence-corrected chi connectivity index (χ3v) is 2.65. The van der Waals surface area contributed by atoms with E-state index in [2.05, 4.69) is 5.16 Å². The Labute approximate surface area is 106 Å². The van der Waals surface area contributed by atoms with Gasteiger partial charge < -0.3 is 20.2 Å². The zero-order chi connectivity index (χ0) is 13.5. The van der Waals surface area contributed by atoms with Crippen molar-refractivity contribution in [2.75, 3.05) is 6.61 Å². The molecule has 0 heterocycles. The first kappa shape index (κ1) is 14.3. The van der Waals surface area contributed by atoms with Crippen molar-refractivity contribution in [3.8, 4) is 11.5 Å². The number of nitrogens with zero attached hydrogens (tertiary/aromatic N) is 1. The molecule has 5 heteroatoms. The Hall–Kier alpha value is -1.75. The maximum atomic E-state index is 9.81. The van der Waals surface area contributed by atoms with Gasteiger partial charge in [-0.3, -0.25) is 0 Å². The summed E-state index contributed by atoms with van der Waals surface area (Å²) in [6.45, 7) is 3.88. The van der Waals surface area contributed by atoms with Gasteiger partial charge >= 0.3 is 0 Å². The fourth-order valence-corrected chi connectivity index (χ4v) is 1.47. The summed E-state index contributed by atoms with van der Waals surface area (Å²) in [6, 6.07) is 4.73. The summed E-state index contributed by atoms with van der Waals surface area (Å²) in [5.74, 6) is 0.463. The number of benzene rings is 1. The topological polar surface area (TPSA) is 82.3 Å². The number of oxime groups is 1. The van der Waals surface area contributed by atoms with Gasteiger partial charge in [0, 0.05) is 11.6 Å². The van der Waals surface area contributed by atoms with E-state index in [0.717, 1.165) is 0 Å². The van der Waals surface area contributed by atoms with Crippen LogP contribution in [-0.2, 0) is 0 Å². The molecule has 0 aliphatic carbocycles. The molecule has 1 atom stereocenters. The Balaban J connectivity index is 2.79. The van der Waals surface area contributed by atoms with Crippen LogP contribution in [-0.4, -0.2) is 33.8 Å². The molecule has 0 spiro atoms. The molecular formula is C13H19NO4. The van der Waals surface area contributed by atoms with Crippen molar-refractivity contribution in [1.82, 2.24) is 0 Å². The fourth-order valence-electron chi connectivity index (χ4n) is 1.47. The summed E-state index contributed by atoms with van der Waals surface area (Å²) in [7, 11) is 0. The van der Waals surface area contributed by atoms with Crippen molar-refractivity contribution in [1.29, 1.82) is 0 Å². The highest BCUT2D eigenvalue weighted by atomic mass is 16.5. The van der Waals surface area contributed by atoms with Crippen LogP contribution in [0.3, 0.4) is 0 Å². The molecule has 1 rings (SSSR count). The van der Waals surface area contributed by atoms with E-state index < -0.39 is 6.10 Å². The molecule has 0 aromatic heterocycles. The Morgan fingerprint density at radius 3 is 2.61 bits per heavy atom. The first-order chi connectivity index (χ1) is 8.62. The van der Waals surface area contributed by atoms with Crippen molar-refractivity contribution in [3.05, 3.63) is 23.8 Å². The second kappa shape index (κ2) is 6.86. The van der Waals surface area contributed by atoms with Gasteiger partial charge in [-0.05, 0) is 25.0 Å². The van der Waals surface area contributed by atoms with Crippen molar-refractivity contribution < 1.29 is 20.2 Å². The molecule has 0 radical (unpaired) electrons. The second-order valence-corrected chi connectivity index (χ2v) is 3.95. The highest BCUT2D eigenvalue weighted by Crippen LogP contribution is 2.25. The zero-order valence-electron chi connectivity index (χ0n) is 10.6.